The molecule has 0 aromatic heterocycles. The van der Waals surface area contributed by atoms with Crippen LogP contribution in [0.3, 0.4) is 0 Å². The predicted molar refractivity (Wildman–Crippen MR) is 126 cm³/mol. The third-order valence-electron chi connectivity index (χ3n) is 5.71. The van der Waals surface area contributed by atoms with Crippen molar-refractivity contribution in [3.63, 3.8) is 0 Å². The summed E-state index contributed by atoms with van der Waals surface area (Å²) in [5.41, 5.74) is 1.13. The number of carbonyl (C=O) groups excluding carboxylic acids is 2. The molecule has 2 aromatic carbocycles. The second-order valence-electron chi connectivity index (χ2n) is 7.86. The fourth-order valence-corrected chi connectivity index (χ4v) is 5.52. The Morgan fingerprint density at radius 2 is 1.67 bits per heavy atom. The van der Waals surface area contributed by atoms with Crippen LogP contribution in [0.4, 0.5) is 0 Å². The highest BCUT2D eigenvalue weighted by molar-refractivity contribution is 7.89. The molecule has 2 atom stereocenters. The van der Waals surface area contributed by atoms with Gasteiger partial charge in [0, 0.05) is 38.9 Å². The predicted octanol–water partition coefficient (Wildman–Crippen LogP) is 2.70. The van der Waals surface area contributed by atoms with Crippen molar-refractivity contribution in [1.29, 1.82) is 0 Å². The van der Waals surface area contributed by atoms with Crippen molar-refractivity contribution in [3.8, 4) is 0 Å². The number of nitrogens with one attached hydrogen (secondary N) is 1. The van der Waals surface area contributed by atoms with Crippen molar-refractivity contribution < 1.29 is 22.7 Å². The molecule has 0 radical (unpaired) electrons. The Kier molecular flexibility index (Phi) is 8.12. The highest BCUT2D eigenvalue weighted by Gasteiger charge is 2.33. The molecule has 2 amide bonds. The molecule has 0 unspecified atom stereocenters. The Morgan fingerprint density at radius 3 is 2.27 bits per heavy atom. The highest BCUT2D eigenvalue weighted by Crippen LogP contribution is 2.27. The van der Waals surface area contributed by atoms with E-state index in [2.05, 4.69) is 5.32 Å². The number of carbonyl (C=O) groups is 2. The average molecular weight is 494 g/mol. The van der Waals surface area contributed by atoms with Crippen molar-refractivity contribution in [2.45, 2.75) is 30.9 Å². The summed E-state index contributed by atoms with van der Waals surface area (Å²) >= 11 is 6.23. The molecule has 2 aromatic rings. The van der Waals surface area contributed by atoms with E-state index >= 15 is 0 Å². The quantitative estimate of drug-likeness (QED) is 0.639. The maximum Gasteiger partial charge on any atom is 0.251 e. The SMILES string of the molecule is CO[C@@H](C)C(=O)N1CCN(S(=O)(=O)c2cc(C(=O)N[C@@H](C)c3ccccc3)ccc2Cl)CC1. The molecular weight excluding hydrogens is 466 g/mol. The molecule has 0 spiro atoms. The van der Waals surface area contributed by atoms with Gasteiger partial charge >= 0.3 is 0 Å². The summed E-state index contributed by atoms with van der Waals surface area (Å²) < 4.78 is 32.9. The van der Waals surface area contributed by atoms with Gasteiger partial charge in [-0.15, -0.1) is 0 Å². The molecule has 1 N–H and O–H groups in total. The normalized spacial score (nSPS) is 16.8. The Bertz CT molecular complexity index is 1100. The van der Waals surface area contributed by atoms with Gasteiger partial charge < -0.3 is 15.0 Å². The summed E-state index contributed by atoms with van der Waals surface area (Å²) in [6.07, 6.45) is -0.587. The van der Waals surface area contributed by atoms with Crippen LogP contribution in [0.15, 0.2) is 53.4 Å². The van der Waals surface area contributed by atoms with Crippen molar-refractivity contribution in [1.82, 2.24) is 14.5 Å². The number of benzene rings is 2. The summed E-state index contributed by atoms with van der Waals surface area (Å²) in [6, 6.07) is 13.4. The second-order valence-corrected chi connectivity index (χ2v) is 10.2. The number of methoxy groups -OCH3 is 1. The van der Waals surface area contributed by atoms with E-state index in [0.717, 1.165) is 5.56 Å². The zero-order valence-corrected chi connectivity index (χ0v) is 20.4. The first kappa shape index (κ1) is 25.2. The van der Waals surface area contributed by atoms with Crippen LogP contribution in [0.25, 0.3) is 0 Å². The van der Waals surface area contributed by atoms with Gasteiger partial charge in [-0.1, -0.05) is 41.9 Å². The van der Waals surface area contributed by atoms with Crippen molar-refractivity contribution in [2.75, 3.05) is 33.3 Å². The second kappa shape index (κ2) is 10.6. The first-order valence-electron chi connectivity index (χ1n) is 10.6. The van der Waals surface area contributed by atoms with Crippen LogP contribution >= 0.6 is 11.6 Å². The van der Waals surface area contributed by atoms with Gasteiger partial charge in [0.25, 0.3) is 11.8 Å². The number of hydrogen-bond acceptors (Lipinski definition) is 5. The zero-order valence-electron chi connectivity index (χ0n) is 18.8. The number of piperazine rings is 1. The fraction of sp³-hybridized carbons (Fsp3) is 0.391. The lowest BCUT2D eigenvalue weighted by Crippen LogP contribution is -2.52. The molecule has 33 heavy (non-hydrogen) atoms. The van der Waals surface area contributed by atoms with E-state index in [9.17, 15) is 18.0 Å². The number of halogens is 1. The summed E-state index contributed by atoms with van der Waals surface area (Å²) in [4.78, 5) is 26.5. The molecule has 0 aliphatic carbocycles. The van der Waals surface area contributed by atoms with E-state index in [-0.39, 0.29) is 53.6 Å². The lowest BCUT2D eigenvalue weighted by Gasteiger charge is -2.35. The topological polar surface area (TPSA) is 96.0 Å². The van der Waals surface area contributed by atoms with Gasteiger partial charge in [-0.05, 0) is 37.6 Å². The minimum absolute atomic E-state index is 0.0363. The van der Waals surface area contributed by atoms with Gasteiger partial charge in [0.05, 0.1) is 11.1 Å². The lowest BCUT2D eigenvalue weighted by molar-refractivity contribution is -0.142. The molecule has 10 heteroatoms. The highest BCUT2D eigenvalue weighted by atomic mass is 35.5. The first-order valence-corrected chi connectivity index (χ1v) is 12.4. The molecular formula is C23H28ClN3O5S. The van der Waals surface area contributed by atoms with Crippen molar-refractivity contribution >= 4 is 33.4 Å². The number of sulfonamides is 1. The van der Waals surface area contributed by atoms with Gasteiger partial charge in [0.2, 0.25) is 10.0 Å². The minimum atomic E-state index is -3.95. The van der Waals surface area contributed by atoms with Crippen LogP contribution < -0.4 is 5.32 Å². The summed E-state index contributed by atoms with van der Waals surface area (Å²) in [5.74, 6) is -0.581. The van der Waals surface area contributed by atoms with Gasteiger partial charge in [0.1, 0.15) is 11.0 Å². The van der Waals surface area contributed by atoms with Crippen LogP contribution in [0.2, 0.25) is 5.02 Å². The first-order chi connectivity index (χ1) is 15.6. The molecule has 8 nitrogen and oxygen atoms in total. The van der Waals surface area contributed by atoms with Crippen LogP contribution in [0.5, 0.6) is 0 Å². The maximum atomic E-state index is 13.3. The van der Waals surface area contributed by atoms with Gasteiger partial charge in [-0.3, -0.25) is 9.59 Å². The average Bonchev–Trinajstić information content (AvgIpc) is 2.83. The molecule has 0 bridgehead atoms. The number of amides is 2. The molecule has 178 valence electrons. The zero-order chi connectivity index (χ0) is 24.2. The molecule has 1 saturated heterocycles. The van der Waals surface area contributed by atoms with E-state index < -0.39 is 22.0 Å². The maximum absolute atomic E-state index is 13.3. The van der Waals surface area contributed by atoms with E-state index in [1.54, 1.807) is 11.8 Å². The molecule has 1 aliphatic rings. The van der Waals surface area contributed by atoms with Gasteiger partial charge in [-0.2, -0.15) is 4.31 Å². The van der Waals surface area contributed by atoms with Crippen LogP contribution in [-0.4, -0.2) is 68.8 Å². The Morgan fingerprint density at radius 1 is 1.03 bits per heavy atom. The van der Waals surface area contributed by atoms with Crippen molar-refractivity contribution in [3.05, 3.63) is 64.7 Å². The van der Waals surface area contributed by atoms with Crippen molar-refractivity contribution in [2.24, 2.45) is 0 Å². The minimum Gasteiger partial charge on any atom is -0.372 e. The molecule has 1 aliphatic heterocycles. The number of hydrogen-bond donors (Lipinski definition) is 1. The standard InChI is InChI=1S/C23H28ClN3O5S/c1-16(18-7-5-4-6-8-18)25-22(28)19-9-10-20(24)21(15-19)33(30,31)27-13-11-26(12-14-27)23(29)17(2)32-3/h4-10,15-17H,11-14H2,1-3H3,(H,25,28)/t16-,17-/m0/s1. The Hall–Kier alpha value is -2.46. The molecule has 0 saturated carbocycles. The molecule has 1 fully saturated rings. The number of nitrogens with zero attached hydrogens (tertiary/aromatic N) is 2. The van der Waals surface area contributed by atoms with Crippen LogP contribution in [-0.2, 0) is 19.6 Å². The summed E-state index contributed by atoms with van der Waals surface area (Å²) in [5, 5.41) is 2.91. The largest absolute Gasteiger partial charge is 0.372 e. The Labute approximate surface area is 199 Å². The number of rotatable bonds is 7. The van der Waals surface area contributed by atoms with Crippen LogP contribution in [0, 0.1) is 0 Å². The number of ether oxygens (including phenoxy) is 1. The smallest absolute Gasteiger partial charge is 0.251 e. The fourth-order valence-electron chi connectivity index (χ4n) is 3.59. The van der Waals surface area contributed by atoms with E-state index in [4.69, 9.17) is 16.3 Å². The van der Waals surface area contributed by atoms with E-state index in [1.807, 2.05) is 37.3 Å². The van der Waals surface area contributed by atoms with Gasteiger partial charge in [-0.25, -0.2) is 8.42 Å². The molecule has 1 heterocycles. The van der Waals surface area contributed by atoms with Crippen LogP contribution in [0.1, 0.15) is 35.8 Å². The Balaban J connectivity index is 1.74. The third kappa shape index (κ3) is 5.73. The van der Waals surface area contributed by atoms with E-state index in [0.29, 0.717) is 0 Å². The monoisotopic (exact) mass is 493 g/mol. The summed E-state index contributed by atoms with van der Waals surface area (Å²) in [7, 11) is -2.50. The van der Waals surface area contributed by atoms with E-state index in [1.165, 1.54) is 29.6 Å². The van der Waals surface area contributed by atoms with Gasteiger partial charge in [0.15, 0.2) is 0 Å². The lowest BCUT2D eigenvalue weighted by atomic mass is 10.1. The third-order valence-corrected chi connectivity index (χ3v) is 8.09. The summed E-state index contributed by atoms with van der Waals surface area (Å²) in [6.45, 7) is 4.26. The molecule has 3 rings (SSSR count).